The van der Waals surface area contributed by atoms with Gasteiger partial charge in [0, 0.05) is 19.0 Å². The molecule has 0 aliphatic rings. The standard InChI is InChI=1S/C11H15N3O4/c1-8-6-9(14(17)18)7-13-11(8)12-5-3-2-4-10(15)16/h6-7H,2-5H2,1H3,(H,12,13)(H,15,16). The number of nitrogens with one attached hydrogen (secondary N) is 1. The van der Waals surface area contributed by atoms with E-state index in [1.807, 2.05) is 0 Å². The van der Waals surface area contributed by atoms with Gasteiger partial charge in [0.25, 0.3) is 5.69 Å². The first-order chi connectivity index (χ1) is 8.50. The van der Waals surface area contributed by atoms with Gasteiger partial charge in [-0.15, -0.1) is 0 Å². The van der Waals surface area contributed by atoms with Gasteiger partial charge in [0.1, 0.15) is 12.0 Å². The van der Waals surface area contributed by atoms with E-state index in [2.05, 4.69) is 10.3 Å². The monoisotopic (exact) mass is 253 g/mol. The molecule has 18 heavy (non-hydrogen) atoms. The molecular formula is C11H15N3O4. The highest BCUT2D eigenvalue weighted by Crippen LogP contribution is 2.17. The van der Waals surface area contributed by atoms with Crippen molar-refractivity contribution >= 4 is 17.5 Å². The van der Waals surface area contributed by atoms with E-state index in [9.17, 15) is 14.9 Å². The predicted molar refractivity (Wildman–Crippen MR) is 65.6 cm³/mol. The Morgan fingerprint density at radius 1 is 1.56 bits per heavy atom. The van der Waals surface area contributed by atoms with Gasteiger partial charge in [-0.3, -0.25) is 14.9 Å². The maximum atomic E-state index is 10.5. The van der Waals surface area contributed by atoms with Crippen LogP contribution in [0.1, 0.15) is 24.8 Å². The van der Waals surface area contributed by atoms with Gasteiger partial charge in [-0.05, 0) is 25.3 Å². The highest BCUT2D eigenvalue weighted by Gasteiger charge is 2.08. The van der Waals surface area contributed by atoms with Gasteiger partial charge < -0.3 is 10.4 Å². The normalized spacial score (nSPS) is 10.1. The lowest BCUT2D eigenvalue weighted by Crippen LogP contribution is -2.06. The topological polar surface area (TPSA) is 105 Å². The fourth-order valence-corrected chi connectivity index (χ4v) is 1.45. The maximum Gasteiger partial charge on any atom is 0.303 e. The number of unbranched alkanes of at least 4 members (excludes halogenated alkanes) is 1. The Bertz CT molecular complexity index is 448. The van der Waals surface area contributed by atoms with Gasteiger partial charge in [-0.1, -0.05) is 0 Å². The third-order valence-electron chi connectivity index (χ3n) is 2.38. The van der Waals surface area contributed by atoms with Crippen LogP contribution in [0.15, 0.2) is 12.3 Å². The Hall–Kier alpha value is -2.18. The van der Waals surface area contributed by atoms with E-state index in [0.29, 0.717) is 30.8 Å². The number of hydrogen-bond acceptors (Lipinski definition) is 5. The van der Waals surface area contributed by atoms with Crippen molar-refractivity contribution in [2.24, 2.45) is 0 Å². The van der Waals surface area contributed by atoms with Crippen LogP contribution in [-0.4, -0.2) is 27.5 Å². The van der Waals surface area contributed by atoms with Gasteiger partial charge in [0.2, 0.25) is 0 Å². The van der Waals surface area contributed by atoms with Gasteiger partial charge >= 0.3 is 5.97 Å². The van der Waals surface area contributed by atoms with Gasteiger partial charge in [-0.2, -0.15) is 0 Å². The molecule has 0 amide bonds. The number of carboxylic acid groups (broad SMARTS) is 1. The summed E-state index contributed by atoms with van der Waals surface area (Å²) < 4.78 is 0. The number of carbonyl (C=O) groups is 1. The molecule has 0 saturated carbocycles. The minimum atomic E-state index is -0.806. The number of pyridine rings is 1. The largest absolute Gasteiger partial charge is 0.481 e. The molecule has 1 heterocycles. The predicted octanol–water partition coefficient (Wildman–Crippen LogP) is 1.97. The second kappa shape index (κ2) is 6.53. The summed E-state index contributed by atoms with van der Waals surface area (Å²) >= 11 is 0. The van der Waals surface area contributed by atoms with Crippen molar-refractivity contribution < 1.29 is 14.8 Å². The van der Waals surface area contributed by atoms with Gasteiger partial charge in [0.05, 0.1) is 4.92 Å². The van der Waals surface area contributed by atoms with Crippen molar-refractivity contribution in [1.29, 1.82) is 0 Å². The quantitative estimate of drug-likeness (QED) is 0.437. The zero-order valence-electron chi connectivity index (χ0n) is 10.0. The van der Waals surface area contributed by atoms with Crippen LogP contribution in [0.25, 0.3) is 0 Å². The fourth-order valence-electron chi connectivity index (χ4n) is 1.45. The third kappa shape index (κ3) is 4.36. The lowest BCUT2D eigenvalue weighted by atomic mass is 10.2. The van der Waals surface area contributed by atoms with E-state index in [1.165, 1.54) is 12.3 Å². The van der Waals surface area contributed by atoms with Crippen LogP contribution in [0.3, 0.4) is 0 Å². The molecule has 7 nitrogen and oxygen atoms in total. The van der Waals surface area contributed by atoms with Crippen molar-refractivity contribution in [2.45, 2.75) is 26.2 Å². The molecule has 1 aromatic rings. The van der Waals surface area contributed by atoms with Gasteiger partial charge in [-0.25, -0.2) is 4.98 Å². The molecule has 0 aliphatic carbocycles. The van der Waals surface area contributed by atoms with Crippen molar-refractivity contribution in [1.82, 2.24) is 4.98 Å². The lowest BCUT2D eigenvalue weighted by molar-refractivity contribution is -0.385. The molecule has 0 fully saturated rings. The SMILES string of the molecule is Cc1cc([N+](=O)[O-])cnc1NCCCCC(=O)O. The summed E-state index contributed by atoms with van der Waals surface area (Å²) in [6, 6.07) is 1.45. The van der Waals surface area contributed by atoms with Crippen LogP contribution in [0.2, 0.25) is 0 Å². The molecule has 0 bridgehead atoms. The molecule has 0 saturated heterocycles. The summed E-state index contributed by atoms with van der Waals surface area (Å²) in [5.41, 5.74) is 0.659. The Morgan fingerprint density at radius 2 is 2.28 bits per heavy atom. The number of nitro groups is 1. The van der Waals surface area contributed by atoms with Crippen molar-refractivity contribution in [3.8, 4) is 0 Å². The van der Waals surface area contributed by atoms with Crippen LogP contribution >= 0.6 is 0 Å². The maximum absolute atomic E-state index is 10.5. The highest BCUT2D eigenvalue weighted by atomic mass is 16.6. The van der Waals surface area contributed by atoms with E-state index >= 15 is 0 Å². The average molecular weight is 253 g/mol. The van der Waals surface area contributed by atoms with Crippen molar-refractivity contribution in [2.75, 3.05) is 11.9 Å². The number of carboxylic acids is 1. The molecule has 0 aromatic carbocycles. The first-order valence-electron chi connectivity index (χ1n) is 5.57. The molecule has 1 aromatic heterocycles. The summed E-state index contributed by atoms with van der Waals surface area (Å²) in [5, 5.41) is 22.0. The smallest absolute Gasteiger partial charge is 0.303 e. The van der Waals surface area contributed by atoms with Crippen LogP contribution in [0.5, 0.6) is 0 Å². The van der Waals surface area contributed by atoms with Gasteiger partial charge in [0.15, 0.2) is 0 Å². The summed E-state index contributed by atoms with van der Waals surface area (Å²) in [6.45, 7) is 2.33. The highest BCUT2D eigenvalue weighted by molar-refractivity contribution is 5.66. The second-order valence-electron chi connectivity index (χ2n) is 3.89. The first-order valence-corrected chi connectivity index (χ1v) is 5.57. The molecule has 0 aliphatic heterocycles. The number of aliphatic carboxylic acids is 1. The molecule has 0 atom stereocenters. The lowest BCUT2D eigenvalue weighted by Gasteiger charge is -2.07. The van der Waals surface area contributed by atoms with Crippen molar-refractivity contribution in [3.05, 3.63) is 27.9 Å². The molecule has 0 unspecified atom stereocenters. The number of nitrogens with zero attached hydrogens (tertiary/aromatic N) is 2. The molecule has 0 spiro atoms. The molecular weight excluding hydrogens is 238 g/mol. The third-order valence-corrected chi connectivity index (χ3v) is 2.38. The number of aromatic nitrogens is 1. The second-order valence-corrected chi connectivity index (χ2v) is 3.89. The van der Waals surface area contributed by atoms with E-state index in [-0.39, 0.29) is 12.1 Å². The number of hydrogen-bond donors (Lipinski definition) is 2. The van der Waals surface area contributed by atoms with Crippen molar-refractivity contribution in [3.63, 3.8) is 0 Å². The zero-order valence-corrected chi connectivity index (χ0v) is 10.0. The summed E-state index contributed by atoms with van der Waals surface area (Å²) in [4.78, 5) is 24.3. The minimum Gasteiger partial charge on any atom is -0.481 e. The zero-order chi connectivity index (χ0) is 13.5. The average Bonchev–Trinajstić information content (AvgIpc) is 2.29. The first kappa shape index (κ1) is 13.9. The summed E-state index contributed by atoms with van der Waals surface area (Å²) in [7, 11) is 0. The molecule has 7 heteroatoms. The molecule has 0 radical (unpaired) electrons. The van der Waals surface area contributed by atoms with E-state index in [0.717, 1.165) is 0 Å². The number of aryl methyl sites for hydroxylation is 1. The summed E-state index contributed by atoms with van der Waals surface area (Å²) in [6.07, 6.45) is 2.65. The number of anilines is 1. The van der Waals surface area contributed by atoms with E-state index in [1.54, 1.807) is 6.92 Å². The summed E-state index contributed by atoms with van der Waals surface area (Å²) in [5.74, 6) is -0.212. The molecule has 98 valence electrons. The molecule has 1 rings (SSSR count). The van der Waals surface area contributed by atoms with E-state index in [4.69, 9.17) is 5.11 Å². The Kier molecular flexibility index (Phi) is 5.04. The minimum absolute atomic E-state index is 0.0380. The van der Waals surface area contributed by atoms with Crippen LogP contribution in [0.4, 0.5) is 11.5 Å². The Balaban J connectivity index is 2.43. The Labute approximate surface area is 104 Å². The Morgan fingerprint density at radius 3 is 2.83 bits per heavy atom. The fraction of sp³-hybridized carbons (Fsp3) is 0.455. The van der Waals surface area contributed by atoms with E-state index < -0.39 is 10.9 Å². The van der Waals surface area contributed by atoms with Crippen LogP contribution in [-0.2, 0) is 4.79 Å². The van der Waals surface area contributed by atoms with Crippen LogP contribution < -0.4 is 5.32 Å². The van der Waals surface area contributed by atoms with Crippen LogP contribution in [0, 0.1) is 17.0 Å². The molecule has 2 N–H and O–H groups in total. The number of rotatable bonds is 7.